The first kappa shape index (κ1) is 17.5. The van der Waals surface area contributed by atoms with Crippen molar-refractivity contribution in [1.82, 2.24) is 9.38 Å². The van der Waals surface area contributed by atoms with Gasteiger partial charge in [0.1, 0.15) is 11.5 Å². The molecular formula is C23H21FN2O. The minimum atomic E-state index is -0.304. The Balaban J connectivity index is 1.75. The number of hydrogen-bond donors (Lipinski definition) is 0. The van der Waals surface area contributed by atoms with Crippen LogP contribution in [0.1, 0.15) is 48.6 Å². The zero-order chi connectivity index (χ0) is 18.8. The number of aryl methyl sites for hydroxylation is 1. The molecule has 27 heavy (non-hydrogen) atoms. The van der Waals surface area contributed by atoms with Crippen LogP contribution in [-0.2, 0) is 12.8 Å². The summed E-state index contributed by atoms with van der Waals surface area (Å²) in [5.41, 5.74) is 3.85. The molecule has 4 rings (SSSR count). The van der Waals surface area contributed by atoms with E-state index in [9.17, 15) is 9.18 Å². The van der Waals surface area contributed by atoms with Crippen LogP contribution in [0.15, 0.2) is 47.4 Å². The van der Waals surface area contributed by atoms with Gasteiger partial charge >= 0.3 is 0 Å². The molecule has 2 aromatic heterocycles. The summed E-state index contributed by atoms with van der Waals surface area (Å²) in [6.45, 7) is 2.19. The summed E-state index contributed by atoms with van der Waals surface area (Å²) in [4.78, 5) is 17.7. The lowest BCUT2D eigenvalue weighted by Crippen LogP contribution is -2.23. The lowest BCUT2D eigenvalue weighted by molar-refractivity contribution is 0.465. The molecule has 0 aliphatic heterocycles. The van der Waals surface area contributed by atoms with Gasteiger partial charge in [0.05, 0.1) is 5.69 Å². The van der Waals surface area contributed by atoms with Gasteiger partial charge in [-0.3, -0.25) is 9.20 Å². The van der Waals surface area contributed by atoms with Crippen molar-refractivity contribution in [1.29, 1.82) is 0 Å². The lowest BCUT2D eigenvalue weighted by Gasteiger charge is -2.12. The predicted octanol–water partition coefficient (Wildman–Crippen LogP) is 4.14. The van der Waals surface area contributed by atoms with Gasteiger partial charge < -0.3 is 0 Å². The van der Waals surface area contributed by atoms with Crippen LogP contribution in [0.4, 0.5) is 4.39 Å². The average molecular weight is 360 g/mol. The number of hydrogen-bond acceptors (Lipinski definition) is 2. The molecule has 1 atom stereocenters. The molecular weight excluding hydrogens is 339 g/mol. The fourth-order valence-corrected chi connectivity index (χ4v) is 3.72. The molecule has 2 heterocycles. The molecule has 0 saturated heterocycles. The fraction of sp³-hybridized carbons (Fsp3) is 0.304. The highest BCUT2D eigenvalue weighted by atomic mass is 19.1. The molecule has 136 valence electrons. The second-order valence-corrected chi connectivity index (χ2v) is 7.12. The van der Waals surface area contributed by atoms with Crippen molar-refractivity contribution < 1.29 is 4.39 Å². The average Bonchev–Trinajstić information content (AvgIpc) is 2.89. The van der Waals surface area contributed by atoms with Crippen LogP contribution in [0, 0.1) is 23.6 Å². The molecule has 0 spiro atoms. The molecule has 1 aromatic carbocycles. The molecule has 0 N–H and O–H groups in total. The first-order valence-electron chi connectivity index (χ1n) is 9.46. The highest BCUT2D eigenvalue weighted by Crippen LogP contribution is 2.24. The van der Waals surface area contributed by atoms with Crippen molar-refractivity contribution in [3.63, 3.8) is 0 Å². The standard InChI is InChI=1S/C23H21FN2O/c1-2-16-5-4-8-21-20(14-16)23(27)26-12-11-18(15-22(26)25-21)10-9-17-6-3-7-19(24)13-17/h3,6-7,11-13,15-16H,2,4-5,8,14H2,1H3. The van der Waals surface area contributed by atoms with Crippen LogP contribution in [0.2, 0.25) is 0 Å². The summed E-state index contributed by atoms with van der Waals surface area (Å²) in [6.07, 6.45) is 6.74. The molecule has 1 aliphatic rings. The molecule has 1 aliphatic carbocycles. The normalized spacial score (nSPS) is 16.3. The third-order valence-corrected chi connectivity index (χ3v) is 5.28. The quantitative estimate of drug-likeness (QED) is 0.483. The zero-order valence-corrected chi connectivity index (χ0v) is 15.3. The number of aromatic nitrogens is 2. The van der Waals surface area contributed by atoms with Crippen LogP contribution < -0.4 is 5.56 Å². The maximum Gasteiger partial charge on any atom is 0.261 e. The van der Waals surface area contributed by atoms with Crippen LogP contribution in [0.3, 0.4) is 0 Å². The molecule has 0 fully saturated rings. The second kappa shape index (κ2) is 7.36. The second-order valence-electron chi connectivity index (χ2n) is 7.12. The zero-order valence-electron chi connectivity index (χ0n) is 15.3. The summed E-state index contributed by atoms with van der Waals surface area (Å²) < 4.78 is 14.9. The Morgan fingerprint density at radius 1 is 1.22 bits per heavy atom. The van der Waals surface area contributed by atoms with Gasteiger partial charge in [0.15, 0.2) is 0 Å². The van der Waals surface area contributed by atoms with Gasteiger partial charge in [-0.2, -0.15) is 0 Å². The van der Waals surface area contributed by atoms with Crippen LogP contribution in [-0.4, -0.2) is 9.38 Å². The number of benzene rings is 1. The Bertz CT molecular complexity index is 1120. The smallest absolute Gasteiger partial charge is 0.261 e. The molecule has 0 radical (unpaired) electrons. The topological polar surface area (TPSA) is 34.4 Å². The van der Waals surface area contributed by atoms with E-state index in [1.54, 1.807) is 22.7 Å². The van der Waals surface area contributed by atoms with Gasteiger partial charge in [-0.25, -0.2) is 9.37 Å². The minimum Gasteiger partial charge on any atom is -0.269 e. The van der Waals surface area contributed by atoms with E-state index in [1.807, 2.05) is 12.1 Å². The first-order chi connectivity index (χ1) is 13.1. The minimum absolute atomic E-state index is 0.0417. The van der Waals surface area contributed by atoms with Crippen molar-refractivity contribution >= 4 is 5.65 Å². The number of nitrogens with zero attached hydrogens (tertiary/aromatic N) is 2. The maximum absolute atomic E-state index is 13.3. The van der Waals surface area contributed by atoms with Gasteiger partial charge in [0.25, 0.3) is 5.56 Å². The largest absolute Gasteiger partial charge is 0.269 e. The van der Waals surface area contributed by atoms with Crippen molar-refractivity contribution in [2.75, 3.05) is 0 Å². The fourth-order valence-electron chi connectivity index (χ4n) is 3.72. The van der Waals surface area contributed by atoms with Crippen molar-refractivity contribution in [3.05, 3.63) is 81.2 Å². The van der Waals surface area contributed by atoms with Gasteiger partial charge in [-0.05, 0) is 61.9 Å². The molecule has 0 bridgehead atoms. The maximum atomic E-state index is 13.3. The molecule has 0 saturated carbocycles. The Hall–Kier alpha value is -2.93. The predicted molar refractivity (Wildman–Crippen MR) is 104 cm³/mol. The van der Waals surface area contributed by atoms with Crippen molar-refractivity contribution in [3.8, 4) is 11.8 Å². The van der Waals surface area contributed by atoms with Crippen LogP contribution in [0.5, 0.6) is 0 Å². The van der Waals surface area contributed by atoms with E-state index in [1.165, 1.54) is 12.1 Å². The van der Waals surface area contributed by atoms with Gasteiger partial charge in [-0.15, -0.1) is 0 Å². The van der Waals surface area contributed by atoms with E-state index < -0.39 is 0 Å². The molecule has 3 aromatic rings. The van der Waals surface area contributed by atoms with E-state index in [-0.39, 0.29) is 11.4 Å². The summed E-state index contributed by atoms with van der Waals surface area (Å²) in [7, 11) is 0. The van der Waals surface area contributed by atoms with Crippen LogP contribution >= 0.6 is 0 Å². The van der Waals surface area contributed by atoms with E-state index in [0.717, 1.165) is 48.9 Å². The Labute approximate surface area is 157 Å². The Morgan fingerprint density at radius 2 is 2.04 bits per heavy atom. The highest BCUT2D eigenvalue weighted by molar-refractivity contribution is 5.51. The van der Waals surface area contributed by atoms with Gasteiger partial charge in [-0.1, -0.05) is 31.3 Å². The first-order valence-corrected chi connectivity index (χ1v) is 9.46. The Kier molecular flexibility index (Phi) is 4.77. The summed E-state index contributed by atoms with van der Waals surface area (Å²) in [5, 5.41) is 0. The Morgan fingerprint density at radius 3 is 2.81 bits per heavy atom. The lowest BCUT2D eigenvalue weighted by atomic mass is 9.96. The van der Waals surface area contributed by atoms with Crippen molar-refractivity contribution in [2.45, 2.75) is 39.0 Å². The van der Waals surface area contributed by atoms with E-state index in [2.05, 4.69) is 18.8 Å². The van der Waals surface area contributed by atoms with Crippen LogP contribution in [0.25, 0.3) is 5.65 Å². The van der Waals surface area contributed by atoms with Gasteiger partial charge in [0.2, 0.25) is 0 Å². The van der Waals surface area contributed by atoms with E-state index >= 15 is 0 Å². The molecule has 1 unspecified atom stereocenters. The van der Waals surface area contributed by atoms with Crippen molar-refractivity contribution in [2.24, 2.45) is 5.92 Å². The summed E-state index contributed by atoms with van der Waals surface area (Å²) in [6, 6.07) is 9.84. The third-order valence-electron chi connectivity index (χ3n) is 5.28. The van der Waals surface area contributed by atoms with E-state index in [4.69, 9.17) is 4.98 Å². The number of fused-ring (bicyclic) bond motifs is 2. The summed E-state index contributed by atoms with van der Waals surface area (Å²) >= 11 is 0. The highest BCUT2D eigenvalue weighted by Gasteiger charge is 2.20. The molecule has 4 heteroatoms. The third kappa shape index (κ3) is 3.64. The SMILES string of the molecule is CCC1CCCc2nc3cc(C#Cc4cccc(F)c4)ccn3c(=O)c2C1. The number of pyridine rings is 1. The van der Waals surface area contributed by atoms with E-state index in [0.29, 0.717) is 17.1 Å². The molecule has 3 nitrogen and oxygen atoms in total. The summed E-state index contributed by atoms with van der Waals surface area (Å²) in [5.74, 6) is 6.26. The monoisotopic (exact) mass is 360 g/mol. The van der Waals surface area contributed by atoms with Gasteiger partial charge in [0, 0.05) is 22.9 Å². The molecule has 0 amide bonds. The number of rotatable bonds is 1. The number of halogens is 1.